The molecular weight excluding hydrogens is 196 g/mol. The summed E-state index contributed by atoms with van der Waals surface area (Å²) in [5.74, 6) is 0. The molecule has 2 aromatic rings. The second-order valence-electron chi connectivity index (χ2n) is 3.28. The van der Waals surface area contributed by atoms with Gasteiger partial charge >= 0.3 is 0 Å². The fourth-order valence-electron chi connectivity index (χ4n) is 1.43. The van der Waals surface area contributed by atoms with Crippen molar-refractivity contribution in [1.29, 1.82) is 0 Å². The number of nitrogens with zero attached hydrogens (tertiary/aromatic N) is 2. The summed E-state index contributed by atoms with van der Waals surface area (Å²) in [6.07, 6.45) is 1.70. The first-order valence-electron chi connectivity index (χ1n) is 4.46. The Balaban J connectivity index is 2.63. The molecule has 0 N–H and O–H groups in total. The van der Waals surface area contributed by atoms with E-state index in [0.717, 1.165) is 5.69 Å². The van der Waals surface area contributed by atoms with E-state index in [4.69, 9.17) is 11.6 Å². The minimum absolute atomic E-state index is 0.638. The first kappa shape index (κ1) is 9.28. The smallest absolute Gasteiger partial charge is 0.132 e. The molecule has 3 heteroatoms. The number of halogens is 1. The highest BCUT2D eigenvalue weighted by Crippen LogP contribution is 2.20. The number of rotatable bonds is 1. The lowest BCUT2D eigenvalue weighted by atomic mass is 10.1. The molecule has 2 nitrogen and oxygen atoms in total. The molecule has 0 unspecified atom stereocenters. The maximum atomic E-state index is 6.00. The summed E-state index contributed by atoms with van der Waals surface area (Å²) in [7, 11) is 0. The van der Waals surface area contributed by atoms with Gasteiger partial charge in [-0.1, -0.05) is 23.7 Å². The van der Waals surface area contributed by atoms with Gasteiger partial charge in [-0.05, 0) is 37.1 Å². The molecule has 72 valence electrons. The zero-order valence-electron chi connectivity index (χ0n) is 8.16. The lowest BCUT2D eigenvalue weighted by Gasteiger charge is -2.08. The molecule has 0 spiro atoms. The Labute approximate surface area is 88.1 Å². The summed E-state index contributed by atoms with van der Waals surface area (Å²) in [5.41, 5.74) is 3.49. The third-order valence-corrected chi connectivity index (χ3v) is 2.69. The van der Waals surface area contributed by atoms with Crippen molar-refractivity contribution in [3.8, 4) is 5.69 Å². The number of hydrogen-bond donors (Lipinski definition) is 0. The predicted octanol–water partition coefficient (Wildman–Crippen LogP) is 3.14. The Morgan fingerprint density at radius 1 is 1.21 bits per heavy atom. The Bertz CT molecular complexity index is 460. The van der Waals surface area contributed by atoms with Crippen LogP contribution in [-0.2, 0) is 0 Å². The van der Waals surface area contributed by atoms with Crippen LogP contribution in [0, 0.1) is 13.8 Å². The fraction of sp³-hybridized carbons (Fsp3) is 0.182. The van der Waals surface area contributed by atoms with Gasteiger partial charge in [-0.3, -0.25) is 0 Å². The van der Waals surface area contributed by atoms with E-state index in [1.165, 1.54) is 11.1 Å². The fourth-order valence-corrected chi connectivity index (χ4v) is 1.62. The molecule has 0 bridgehead atoms. The summed E-state index contributed by atoms with van der Waals surface area (Å²) in [5, 5.41) is 4.81. The summed E-state index contributed by atoms with van der Waals surface area (Å²) in [6, 6.07) is 7.89. The van der Waals surface area contributed by atoms with Crippen molar-refractivity contribution in [1.82, 2.24) is 9.78 Å². The molecule has 0 aliphatic carbocycles. The van der Waals surface area contributed by atoms with Crippen molar-refractivity contribution in [3.05, 3.63) is 46.7 Å². The van der Waals surface area contributed by atoms with E-state index < -0.39 is 0 Å². The second-order valence-corrected chi connectivity index (χ2v) is 3.67. The topological polar surface area (TPSA) is 17.8 Å². The zero-order valence-corrected chi connectivity index (χ0v) is 8.92. The number of hydrogen-bond acceptors (Lipinski definition) is 1. The van der Waals surface area contributed by atoms with Gasteiger partial charge in [0.05, 0.1) is 11.9 Å². The van der Waals surface area contributed by atoms with Crippen molar-refractivity contribution in [2.75, 3.05) is 0 Å². The van der Waals surface area contributed by atoms with Gasteiger partial charge < -0.3 is 0 Å². The van der Waals surface area contributed by atoms with Gasteiger partial charge in [0.15, 0.2) is 0 Å². The Morgan fingerprint density at radius 2 is 2.00 bits per heavy atom. The monoisotopic (exact) mass is 206 g/mol. The first-order valence-corrected chi connectivity index (χ1v) is 4.84. The molecule has 2 rings (SSSR count). The molecule has 0 saturated heterocycles. The normalized spacial score (nSPS) is 10.5. The molecule has 0 atom stereocenters. The van der Waals surface area contributed by atoms with Crippen molar-refractivity contribution in [2.45, 2.75) is 13.8 Å². The van der Waals surface area contributed by atoms with Crippen molar-refractivity contribution in [2.24, 2.45) is 0 Å². The highest BCUT2D eigenvalue weighted by molar-refractivity contribution is 6.29. The number of aryl methyl sites for hydroxylation is 1. The highest BCUT2D eigenvalue weighted by Gasteiger charge is 2.06. The van der Waals surface area contributed by atoms with Crippen LogP contribution in [0.1, 0.15) is 11.1 Å². The molecule has 0 fully saturated rings. The van der Waals surface area contributed by atoms with Gasteiger partial charge in [0.1, 0.15) is 5.15 Å². The number of aromatic nitrogens is 2. The van der Waals surface area contributed by atoms with Gasteiger partial charge in [-0.15, -0.1) is 0 Å². The Hall–Kier alpha value is -1.28. The third kappa shape index (κ3) is 1.42. The van der Waals surface area contributed by atoms with Crippen LogP contribution >= 0.6 is 11.6 Å². The van der Waals surface area contributed by atoms with E-state index in [9.17, 15) is 0 Å². The van der Waals surface area contributed by atoms with Crippen LogP contribution in [0.15, 0.2) is 30.5 Å². The molecule has 0 aliphatic heterocycles. The van der Waals surface area contributed by atoms with Crippen LogP contribution in [0.3, 0.4) is 0 Å². The molecule has 0 amide bonds. The Kier molecular flexibility index (Phi) is 2.30. The average molecular weight is 207 g/mol. The summed E-state index contributed by atoms with van der Waals surface area (Å²) < 4.78 is 1.74. The quantitative estimate of drug-likeness (QED) is 0.701. The summed E-state index contributed by atoms with van der Waals surface area (Å²) >= 11 is 6.00. The summed E-state index contributed by atoms with van der Waals surface area (Å²) in [4.78, 5) is 0. The van der Waals surface area contributed by atoms with Crippen molar-refractivity contribution >= 4 is 11.6 Å². The van der Waals surface area contributed by atoms with Crippen molar-refractivity contribution in [3.63, 3.8) is 0 Å². The molecule has 0 radical (unpaired) electrons. The minimum atomic E-state index is 0.638. The van der Waals surface area contributed by atoms with Crippen LogP contribution < -0.4 is 0 Å². The van der Waals surface area contributed by atoms with E-state index in [1.807, 2.05) is 12.1 Å². The van der Waals surface area contributed by atoms with Gasteiger partial charge in [0.2, 0.25) is 0 Å². The van der Waals surface area contributed by atoms with Crippen LogP contribution in [0.5, 0.6) is 0 Å². The standard InChI is InChI=1S/C11H11ClN2/c1-8-4-3-5-10(9(8)2)14-11(12)6-7-13-14/h3-7H,1-2H3. The van der Waals surface area contributed by atoms with Gasteiger partial charge in [-0.25, -0.2) is 4.68 Å². The molecule has 1 heterocycles. The van der Waals surface area contributed by atoms with E-state index in [1.54, 1.807) is 16.9 Å². The maximum Gasteiger partial charge on any atom is 0.132 e. The van der Waals surface area contributed by atoms with Crippen LogP contribution in [0.2, 0.25) is 5.15 Å². The van der Waals surface area contributed by atoms with Gasteiger partial charge in [0.25, 0.3) is 0 Å². The Morgan fingerprint density at radius 3 is 2.64 bits per heavy atom. The van der Waals surface area contributed by atoms with E-state index in [0.29, 0.717) is 5.15 Å². The van der Waals surface area contributed by atoms with Crippen LogP contribution in [-0.4, -0.2) is 9.78 Å². The van der Waals surface area contributed by atoms with E-state index in [-0.39, 0.29) is 0 Å². The minimum Gasteiger partial charge on any atom is -0.222 e. The molecule has 1 aromatic heterocycles. The molecule has 1 aromatic carbocycles. The lowest BCUT2D eigenvalue weighted by molar-refractivity contribution is 0.871. The molecular formula is C11H11ClN2. The van der Waals surface area contributed by atoms with Crippen molar-refractivity contribution < 1.29 is 0 Å². The second kappa shape index (κ2) is 3.46. The predicted molar refractivity (Wildman–Crippen MR) is 58.0 cm³/mol. The molecule has 0 saturated carbocycles. The van der Waals surface area contributed by atoms with Gasteiger partial charge in [0, 0.05) is 0 Å². The van der Waals surface area contributed by atoms with Gasteiger partial charge in [-0.2, -0.15) is 5.10 Å². The van der Waals surface area contributed by atoms with Crippen LogP contribution in [0.25, 0.3) is 5.69 Å². The highest BCUT2D eigenvalue weighted by atomic mass is 35.5. The molecule has 14 heavy (non-hydrogen) atoms. The third-order valence-electron chi connectivity index (χ3n) is 2.40. The first-order chi connectivity index (χ1) is 6.70. The lowest BCUT2D eigenvalue weighted by Crippen LogP contribution is -1.99. The summed E-state index contributed by atoms with van der Waals surface area (Å²) in [6.45, 7) is 4.15. The van der Waals surface area contributed by atoms with E-state index in [2.05, 4.69) is 25.0 Å². The largest absolute Gasteiger partial charge is 0.222 e. The van der Waals surface area contributed by atoms with E-state index >= 15 is 0 Å². The number of benzene rings is 1. The maximum absolute atomic E-state index is 6.00. The van der Waals surface area contributed by atoms with Crippen LogP contribution in [0.4, 0.5) is 0 Å². The SMILES string of the molecule is Cc1cccc(-n2nccc2Cl)c1C. The average Bonchev–Trinajstić information content (AvgIpc) is 2.57. The zero-order chi connectivity index (χ0) is 10.1. The molecule has 0 aliphatic rings.